The Labute approximate surface area is 105 Å². The molecule has 0 radical (unpaired) electrons. The summed E-state index contributed by atoms with van der Waals surface area (Å²) < 4.78 is 0. The summed E-state index contributed by atoms with van der Waals surface area (Å²) in [7, 11) is 0. The molecule has 0 amide bonds. The van der Waals surface area contributed by atoms with Gasteiger partial charge >= 0.3 is 0 Å². The molecule has 2 aromatic rings. The molecule has 0 spiro atoms. The van der Waals surface area contributed by atoms with Gasteiger partial charge < -0.3 is 4.98 Å². The van der Waals surface area contributed by atoms with Gasteiger partial charge in [0.05, 0.1) is 0 Å². The maximum Gasteiger partial charge on any atom is 0.0464 e. The fourth-order valence-corrected chi connectivity index (χ4v) is 1.57. The average Bonchev–Trinajstić information content (AvgIpc) is 2.80. The molecule has 17 heavy (non-hydrogen) atoms. The van der Waals surface area contributed by atoms with Gasteiger partial charge in [0.2, 0.25) is 0 Å². The number of hydrogen-bond acceptors (Lipinski definition) is 0. The molecule has 0 saturated heterocycles. The highest BCUT2D eigenvalue weighted by Crippen LogP contribution is 2.23. The summed E-state index contributed by atoms with van der Waals surface area (Å²) in [4.78, 5) is 3.28. The summed E-state index contributed by atoms with van der Waals surface area (Å²) >= 11 is 0. The number of hydrogen-bond donors (Lipinski definition) is 1. The van der Waals surface area contributed by atoms with Crippen LogP contribution in [0.25, 0.3) is 23.1 Å². The minimum atomic E-state index is 1.04. The smallest absolute Gasteiger partial charge is 0.0464 e. The second kappa shape index (κ2) is 8.40. The van der Waals surface area contributed by atoms with Crippen molar-refractivity contribution >= 4 is 23.1 Å². The Hall–Kier alpha value is -1.76. The minimum Gasteiger partial charge on any atom is -0.355 e. The SMILES string of the molecule is C=Cc1[nH]c2ccccc2c1C=C.CC.CC. The molecule has 0 bridgehead atoms. The van der Waals surface area contributed by atoms with E-state index in [4.69, 9.17) is 0 Å². The zero-order valence-corrected chi connectivity index (χ0v) is 11.4. The first-order valence-electron chi connectivity index (χ1n) is 6.22. The second-order valence-electron chi connectivity index (χ2n) is 2.91. The monoisotopic (exact) mass is 229 g/mol. The fourth-order valence-electron chi connectivity index (χ4n) is 1.57. The molecule has 1 aromatic carbocycles. The van der Waals surface area contributed by atoms with Gasteiger partial charge in [0.15, 0.2) is 0 Å². The summed E-state index contributed by atoms with van der Waals surface area (Å²) in [5.74, 6) is 0. The summed E-state index contributed by atoms with van der Waals surface area (Å²) in [6.45, 7) is 15.5. The van der Waals surface area contributed by atoms with Crippen molar-refractivity contribution in [3.63, 3.8) is 0 Å². The van der Waals surface area contributed by atoms with Crippen LogP contribution in [0, 0.1) is 0 Å². The van der Waals surface area contributed by atoms with E-state index in [1.54, 1.807) is 0 Å². The van der Waals surface area contributed by atoms with E-state index >= 15 is 0 Å². The van der Waals surface area contributed by atoms with Gasteiger partial charge in [-0.15, -0.1) is 0 Å². The quantitative estimate of drug-likeness (QED) is 0.699. The third-order valence-electron chi connectivity index (χ3n) is 2.18. The summed E-state index contributed by atoms with van der Waals surface area (Å²) in [5, 5.41) is 1.20. The Morgan fingerprint density at radius 3 is 2.06 bits per heavy atom. The molecule has 0 unspecified atom stereocenters. The predicted octanol–water partition coefficient (Wildman–Crippen LogP) is 5.51. The number of para-hydroxylation sites is 1. The highest BCUT2D eigenvalue weighted by Gasteiger charge is 2.03. The van der Waals surface area contributed by atoms with Gasteiger partial charge in [0, 0.05) is 22.2 Å². The first-order valence-corrected chi connectivity index (χ1v) is 6.22. The molecule has 1 N–H and O–H groups in total. The Morgan fingerprint density at radius 1 is 0.941 bits per heavy atom. The lowest BCUT2D eigenvalue weighted by Gasteiger charge is -1.90. The third-order valence-corrected chi connectivity index (χ3v) is 2.18. The Morgan fingerprint density at radius 2 is 1.53 bits per heavy atom. The molecule has 92 valence electrons. The zero-order valence-electron chi connectivity index (χ0n) is 11.4. The lowest BCUT2D eigenvalue weighted by atomic mass is 10.1. The van der Waals surface area contributed by atoms with Gasteiger partial charge in [-0.1, -0.05) is 65.1 Å². The Kier molecular flexibility index (Phi) is 7.53. The van der Waals surface area contributed by atoms with Crippen LogP contribution in [0.5, 0.6) is 0 Å². The third kappa shape index (κ3) is 3.35. The van der Waals surface area contributed by atoms with Crippen LogP contribution in [-0.2, 0) is 0 Å². The predicted molar refractivity (Wildman–Crippen MR) is 81.2 cm³/mol. The van der Waals surface area contributed by atoms with E-state index in [-0.39, 0.29) is 0 Å². The van der Waals surface area contributed by atoms with Crippen molar-refractivity contribution in [2.75, 3.05) is 0 Å². The van der Waals surface area contributed by atoms with Crippen LogP contribution >= 0.6 is 0 Å². The van der Waals surface area contributed by atoms with Crippen molar-refractivity contribution in [2.24, 2.45) is 0 Å². The van der Waals surface area contributed by atoms with Gasteiger partial charge in [-0.3, -0.25) is 0 Å². The van der Waals surface area contributed by atoms with Crippen molar-refractivity contribution < 1.29 is 0 Å². The molecule has 0 aliphatic heterocycles. The second-order valence-corrected chi connectivity index (χ2v) is 2.91. The molecule has 0 aliphatic rings. The van der Waals surface area contributed by atoms with E-state index in [1.165, 1.54) is 5.39 Å². The molecule has 2 rings (SSSR count). The molecule has 0 aliphatic carbocycles. The van der Waals surface area contributed by atoms with Crippen LogP contribution in [0.4, 0.5) is 0 Å². The molecular formula is C16H23N. The molecule has 1 heteroatoms. The zero-order chi connectivity index (χ0) is 13.3. The van der Waals surface area contributed by atoms with Crippen molar-refractivity contribution in [3.05, 3.63) is 48.7 Å². The summed E-state index contributed by atoms with van der Waals surface area (Å²) in [6, 6.07) is 8.17. The number of H-pyrrole nitrogens is 1. The van der Waals surface area contributed by atoms with E-state index in [2.05, 4.69) is 30.3 Å². The largest absolute Gasteiger partial charge is 0.355 e. The highest BCUT2D eigenvalue weighted by atomic mass is 14.7. The van der Waals surface area contributed by atoms with E-state index in [9.17, 15) is 0 Å². The molecule has 0 atom stereocenters. The average molecular weight is 229 g/mol. The molecule has 1 nitrogen and oxygen atoms in total. The van der Waals surface area contributed by atoms with Crippen molar-refractivity contribution in [3.8, 4) is 0 Å². The molecule has 0 saturated carbocycles. The highest BCUT2D eigenvalue weighted by molar-refractivity contribution is 5.92. The van der Waals surface area contributed by atoms with Gasteiger partial charge in [-0.2, -0.15) is 0 Å². The van der Waals surface area contributed by atoms with E-state index in [0.717, 1.165) is 16.8 Å². The lowest BCUT2D eigenvalue weighted by molar-refractivity contribution is 1.43. The van der Waals surface area contributed by atoms with Crippen LogP contribution in [0.15, 0.2) is 37.4 Å². The van der Waals surface area contributed by atoms with Gasteiger partial charge in [0.25, 0.3) is 0 Å². The maximum absolute atomic E-state index is 3.79. The normalized spacial score (nSPS) is 8.47. The van der Waals surface area contributed by atoms with Crippen molar-refractivity contribution in [2.45, 2.75) is 27.7 Å². The molecule has 1 aromatic heterocycles. The first kappa shape index (κ1) is 15.2. The number of aromatic nitrogens is 1. The Balaban J connectivity index is 0.000000581. The van der Waals surface area contributed by atoms with Crippen molar-refractivity contribution in [1.82, 2.24) is 4.98 Å². The van der Waals surface area contributed by atoms with E-state index < -0.39 is 0 Å². The molecule has 0 fully saturated rings. The lowest BCUT2D eigenvalue weighted by Crippen LogP contribution is -1.72. The van der Waals surface area contributed by atoms with Crippen LogP contribution in [0.1, 0.15) is 39.0 Å². The van der Waals surface area contributed by atoms with Gasteiger partial charge in [0.1, 0.15) is 0 Å². The fraction of sp³-hybridized carbons (Fsp3) is 0.250. The van der Waals surface area contributed by atoms with Crippen LogP contribution in [-0.4, -0.2) is 4.98 Å². The van der Waals surface area contributed by atoms with E-state index in [0.29, 0.717) is 0 Å². The van der Waals surface area contributed by atoms with Gasteiger partial charge in [-0.05, 0) is 12.1 Å². The van der Waals surface area contributed by atoms with Crippen molar-refractivity contribution in [1.29, 1.82) is 0 Å². The van der Waals surface area contributed by atoms with Crippen LogP contribution in [0.2, 0.25) is 0 Å². The first-order chi connectivity index (χ1) is 8.36. The summed E-state index contributed by atoms with van der Waals surface area (Å²) in [6.07, 6.45) is 3.67. The standard InChI is InChI=1S/C12H11N.2C2H6/c1-3-9-10-7-5-6-8-12(10)13-11(9)4-2;2*1-2/h3-8,13H,1-2H2;2*1-2H3. The van der Waals surface area contributed by atoms with Gasteiger partial charge in [-0.25, -0.2) is 0 Å². The van der Waals surface area contributed by atoms with Crippen LogP contribution < -0.4 is 0 Å². The number of rotatable bonds is 2. The number of benzene rings is 1. The number of nitrogens with one attached hydrogen (secondary N) is 1. The molecular weight excluding hydrogens is 206 g/mol. The minimum absolute atomic E-state index is 1.04. The number of fused-ring (bicyclic) bond motifs is 1. The maximum atomic E-state index is 3.79. The Bertz CT molecular complexity index is 463. The topological polar surface area (TPSA) is 15.8 Å². The van der Waals surface area contributed by atoms with E-state index in [1.807, 2.05) is 52.0 Å². The summed E-state index contributed by atoms with van der Waals surface area (Å²) in [5.41, 5.74) is 3.30. The molecule has 1 heterocycles. The van der Waals surface area contributed by atoms with Crippen LogP contribution in [0.3, 0.4) is 0 Å². The number of aromatic amines is 1.